The van der Waals surface area contributed by atoms with Crippen molar-refractivity contribution in [2.75, 3.05) is 19.7 Å². The van der Waals surface area contributed by atoms with Gasteiger partial charge in [0.1, 0.15) is 6.10 Å². The normalized spacial score (nSPS) is 17.8. The van der Waals surface area contributed by atoms with Gasteiger partial charge in [0.05, 0.1) is 30.6 Å². The van der Waals surface area contributed by atoms with E-state index in [0.29, 0.717) is 25.3 Å². The molecule has 6 heteroatoms. The van der Waals surface area contributed by atoms with E-state index in [1.54, 1.807) is 29.7 Å². The van der Waals surface area contributed by atoms with Crippen molar-refractivity contribution in [3.8, 4) is 0 Å². The molecular weight excluding hydrogens is 304 g/mol. The molecule has 1 aliphatic rings. The van der Waals surface area contributed by atoms with E-state index in [2.05, 4.69) is 15.0 Å². The van der Waals surface area contributed by atoms with Crippen LogP contribution in [0.2, 0.25) is 0 Å². The van der Waals surface area contributed by atoms with Gasteiger partial charge in [0, 0.05) is 36.1 Å². The Morgan fingerprint density at radius 2 is 2.12 bits per heavy atom. The van der Waals surface area contributed by atoms with Gasteiger partial charge in [0.2, 0.25) is 0 Å². The lowest BCUT2D eigenvalue weighted by atomic mass is 10.1. The average molecular weight is 320 g/mol. The molecule has 1 amide bonds. The van der Waals surface area contributed by atoms with Crippen LogP contribution < -0.4 is 0 Å². The molecule has 0 radical (unpaired) electrons. The van der Waals surface area contributed by atoms with Gasteiger partial charge in [0.15, 0.2) is 0 Å². The van der Waals surface area contributed by atoms with Gasteiger partial charge in [-0.3, -0.25) is 19.7 Å². The number of hydrogen-bond donors (Lipinski definition) is 0. The second kappa shape index (κ2) is 6.33. The van der Waals surface area contributed by atoms with E-state index < -0.39 is 0 Å². The van der Waals surface area contributed by atoms with Crippen LogP contribution in [0.4, 0.5) is 0 Å². The van der Waals surface area contributed by atoms with Crippen molar-refractivity contribution in [2.24, 2.45) is 0 Å². The molecule has 0 bridgehead atoms. The van der Waals surface area contributed by atoms with Crippen LogP contribution in [0.5, 0.6) is 0 Å². The maximum absolute atomic E-state index is 12.8. The van der Waals surface area contributed by atoms with E-state index in [0.717, 1.165) is 16.6 Å². The Morgan fingerprint density at radius 3 is 3.00 bits per heavy atom. The second-order valence-electron chi connectivity index (χ2n) is 5.65. The molecule has 0 saturated carbocycles. The predicted molar refractivity (Wildman–Crippen MR) is 88.4 cm³/mol. The highest BCUT2D eigenvalue weighted by Gasteiger charge is 2.27. The Hall–Kier alpha value is -2.86. The summed E-state index contributed by atoms with van der Waals surface area (Å²) in [7, 11) is 0. The average Bonchev–Trinajstić information content (AvgIpc) is 2.68. The zero-order valence-electron chi connectivity index (χ0n) is 13.0. The zero-order chi connectivity index (χ0) is 16.4. The number of morpholine rings is 1. The zero-order valence-corrected chi connectivity index (χ0v) is 13.0. The summed E-state index contributed by atoms with van der Waals surface area (Å²) in [5.41, 5.74) is 2.29. The molecule has 3 heterocycles. The van der Waals surface area contributed by atoms with Crippen molar-refractivity contribution in [3.05, 3.63) is 66.4 Å². The minimum Gasteiger partial charge on any atom is -0.368 e. The Balaban J connectivity index is 1.56. The highest BCUT2D eigenvalue weighted by molar-refractivity contribution is 5.98. The summed E-state index contributed by atoms with van der Waals surface area (Å²) in [6, 6.07) is 9.42. The lowest BCUT2D eigenvalue weighted by Gasteiger charge is -2.32. The van der Waals surface area contributed by atoms with E-state index in [-0.39, 0.29) is 12.0 Å². The fourth-order valence-electron chi connectivity index (χ4n) is 2.88. The number of pyridine rings is 1. The molecule has 1 aliphatic heterocycles. The Kier molecular flexibility index (Phi) is 3.88. The molecular formula is C18H16N4O2. The highest BCUT2D eigenvalue weighted by atomic mass is 16.5. The van der Waals surface area contributed by atoms with Crippen LogP contribution in [0.3, 0.4) is 0 Å². The van der Waals surface area contributed by atoms with Gasteiger partial charge < -0.3 is 9.64 Å². The number of ether oxygens (including phenoxy) is 1. The van der Waals surface area contributed by atoms with Gasteiger partial charge in [0.25, 0.3) is 5.91 Å². The van der Waals surface area contributed by atoms with Gasteiger partial charge >= 0.3 is 0 Å². The SMILES string of the molecule is O=C(c1ccc2ncccc2c1)N1CCO[C@H](c2cnccn2)C1. The molecule has 0 N–H and O–H groups in total. The van der Waals surface area contributed by atoms with Gasteiger partial charge in [-0.25, -0.2) is 0 Å². The number of amides is 1. The Labute approximate surface area is 139 Å². The first kappa shape index (κ1) is 14.7. The van der Waals surface area contributed by atoms with Crippen molar-refractivity contribution < 1.29 is 9.53 Å². The molecule has 120 valence electrons. The van der Waals surface area contributed by atoms with Crippen LogP contribution in [0, 0.1) is 0 Å². The fraction of sp³-hybridized carbons (Fsp3) is 0.222. The summed E-state index contributed by atoms with van der Waals surface area (Å²) in [5, 5.41) is 0.960. The molecule has 1 fully saturated rings. The topological polar surface area (TPSA) is 68.2 Å². The van der Waals surface area contributed by atoms with Crippen LogP contribution in [0.25, 0.3) is 10.9 Å². The van der Waals surface area contributed by atoms with Crippen molar-refractivity contribution in [3.63, 3.8) is 0 Å². The quantitative estimate of drug-likeness (QED) is 0.724. The molecule has 4 rings (SSSR count). The second-order valence-corrected chi connectivity index (χ2v) is 5.65. The Morgan fingerprint density at radius 1 is 1.17 bits per heavy atom. The van der Waals surface area contributed by atoms with Crippen molar-refractivity contribution >= 4 is 16.8 Å². The molecule has 0 aliphatic carbocycles. The van der Waals surface area contributed by atoms with E-state index in [1.165, 1.54) is 0 Å². The number of rotatable bonds is 2. The lowest BCUT2D eigenvalue weighted by molar-refractivity contribution is -0.0248. The van der Waals surface area contributed by atoms with Gasteiger partial charge in [-0.2, -0.15) is 0 Å². The Bertz CT molecular complexity index is 869. The molecule has 1 atom stereocenters. The maximum atomic E-state index is 12.8. The van der Waals surface area contributed by atoms with Crippen molar-refractivity contribution in [1.82, 2.24) is 19.9 Å². The van der Waals surface area contributed by atoms with Crippen LogP contribution in [-0.2, 0) is 4.74 Å². The molecule has 0 unspecified atom stereocenters. The van der Waals surface area contributed by atoms with E-state index in [9.17, 15) is 4.79 Å². The summed E-state index contributed by atoms with van der Waals surface area (Å²) in [6.45, 7) is 1.53. The largest absolute Gasteiger partial charge is 0.368 e. The molecule has 0 spiro atoms. The van der Waals surface area contributed by atoms with E-state index >= 15 is 0 Å². The first-order chi connectivity index (χ1) is 11.8. The molecule has 24 heavy (non-hydrogen) atoms. The predicted octanol–water partition coefficient (Wildman–Crippen LogP) is 2.24. The minimum absolute atomic E-state index is 0.00190. The number of carbonyl (C=O) groups excluding carboxylic acids is 1. The van der Waals surface area contributed by atoms with Gasteiger partial charge in [-0.15, -0.1) is 0 Å². The summed E-state index contributed by atoms with van der Waals surface area (Å²) < 4.78 is 5.74. The summed E-state index contributed by atoms with van der Waals surface area (Å²) in [5.74, 6) is -0.00190. The summed E-state index contributed by atoms with van der Waals surface area (Å²) in [4.78, 5) is 27.3. The number of hydrogen-bond acceptors (Lipinski definition) is 5. The first-order valence-electron chi connectivity index (χ1n) is 7.83. The third-order valence-electron chi connectivity index (χ3n) is 4.12. The van der Waals surface area contributed by atoms with Crippen LogP contribution in [-0.4, -0.2) is 45.5 Å². The monoisotopic (exact) mass is 320 g/mol. The third kappa shape index (κ3) is 2.83. The van der Waals surface area contributed by atoms with Crippen LogP contribution in [0.1, 0.15) is 22.2 Å². The fourth-order valence-corrected chi connectivity index (χ4v) is 2.88. The number of carbonyl (C=O) groups is 1. The molecule has 2 aromatic heterocycles. The smallest absolute Gasteiger partial charge is 0.254 e. The minimum atomic E-state index is -0.237. The maximum Gasteiger partial charge on any atom is 0.254 e. The molecule has 6 nitrogen and oxygen atoms in total. The number of fused-ring (bicyclic) bond motifs is 1. The van der Waals surface area contributed by atoms with E-state index in [4.69, 9.17) is 4.74 Å². The van der Waals surface area contributed by atoms with Crippen LogP contribution >= 0.6 is 0 Å². The number of benzene rings is 1. The first-order valence-corrected chi connectivity index (χ1v) is 7.83. The standard InChI is InChI=1S/C18H16N4O2/c23-18(14-3-4-15-13(10-14)2-1-5-20-15)22-8-9-24-17(12-22)16-11-19-6-7-21-16/h1-7,10-11,17H,8-9,12H2/t17-/m0/s1. The summed E-state index contributed by atoms with van der Waals surface area (Å²) >= 11 is 0. The third-order valence-corrected chi connectivity index (χ3v) is 4.12. The van der Waals surface area contributed by atoms with Gasteiger partial charge in [-0.05, 0) is 24.3 Å². The van der Waals surface area contributed by atoms with E-state index in [1.807, 2.05) is 30.3 Å². The molecule has 1 saturated heterocycles. The van der Waals surface area contributed by atoms with Crippen LogP contribution in [0.15, 0.2) is 55.1 Å². The van der Waals surface area contributed by atoms with Crippen molar-refractivity contribution in [1.29, 1.82) is 0 Å². The van der Waals surface area contributed by atoms with Gasteiger partial charge in [-0.1, -0.05) is 6.07 Å². The highest BCUT2D eigenvalue weighted by Crippen LogP contribution is 2.22. The summed E-state index contributed by atoms with van der Waals surface area (Å²) in [6.07, 6.45) is 6.45. The lowest BCUT2D eigenvalue weighted by Crippen LogP contribution is -2.42. The van der Waals surface area contributed by atoms with Crippen molar-refractivity contribution in [2.45, 2.75) is 6.10 Å². The number of aromatic nitrogens is 3. The molecule has 3 aromatic rings. The number of nitrogens with zero attached hydrogens (tertiary/aromatic N) is 4. The molecule has 1 aromatic carbocycles.